The van der Waals surface area contributed by atoms with Gasteiger partial charge in [0.05, 0.1) is 23.3 Å². The second-order valence-electron chi connectivity index (χ2n) is 8.95. The van der Waals surface area contributed by atoms with E-state index in [9.17, 15) is 4.79 Å². The van der Waals surface area contributed by atoms with Crippen LogP contribution in [-0.4, -0.2) is 53.6 Å². The van der Waals surface area contributed by atoms with Crippen LogP contribution in [-0.2, 0) is 6.42 Å². The fraction of sp³-hybridized carbons (Fsp3) is 0.370. The lowest BCUT2D eigenvalue weighted by molar-refractivity contribution is 0.101. The van der Waals surface area contributed by atoms with Crippen LogP contribution in [0.2, 0.25) is 0 Å². The van der Waals surface area contributed by atoms with Gasteiger partial charge < -0.3 is 9.80 Å². The van der Waals surface area contributed by atoms with Gasteiger partial charge in [-0.05, 0) is 63.1 Å². The molecule has 1 aliphatic heterocycles. The number of pyridine rings is 1. The van der Waals surface area contributed by atoms with Crippen molar-refractivity contribution in [1.29, 1.82) is 0 Å². The van der Waals surface area contributed by atoms with E-state index >= 15 is 4.39 Å². The minimum Gasteiger partial charge on any atom is -0.368 e. The van der Waals surface area contributed by atoms with Gasteiger partial charge in [-0.1, -0.05) is 13.0 Å². The summed E-state index contributed by atoms with van der Waals surface area (Å²) in [6.07, 6.45) is 8.32. The van der Waals surface area contributed by atoms with E-state index in [-0.39, 0.29) is 5.78 Å². The zero-order valence-corrected chi connectivity index (χ0v) is 20.8. The van der Waals surface area contributed by atoms with Crippen molar-refractivity contribution in [1.82, 2.24) is 15.0 Å². The van der Waals surface area contributed by atoms with Gasteiger partial charge in [-0.25, -0.2) is 14.4 Å². The Labute approximate surface area is 205 Å². The van der Waals surface area contributed by atoms with Crippen molar-refractivity contribution in [3.8, 4) is 11.3 Å². The second kappa shape index (κ2) is 10.3. The van der Waals surface area contributed by atoms with Crippen LogP contribution in [0.4, 0.5) is 21.7 Å². The SMILES string of the molecule is C=Nc1cc(-c2ccc(C(C)=O)c(C)c2F)ncc1N(C)C1CCN(c2ncc(CC)cn2)CC1. The molecule has 0 unspecified atom stereocenters. The summed E-state index contributed by atoms with van der Waals surface area (Å²) in [7, 11) is 2.03. The molecule has 0 spiro atoms. The van der Waals surface area contributed by atoms with E-state index in [0.29, 0.717) is 34.1 Å². The van der Waals surface area contributed by atoms with Gasteiger partial charge in [0.25, 0.3) is 0 Å². The van der Waals surface area contributed by atoms with E-state index in [1.807, 2.05) is 19.4 Å². The maximum absolute atomic E-state index is 15.0. The molecule has 1 fully saturated rings. The molecule has 8 heteroatoms. The van der Waals surface area contributed by atoms with Crippen LogP contribution in [0, 0.1) is 12.7 Å². The minimum absolute atomic E-state index is 0.165. The van der Waals surface area contributed by atoms with Crippen LogP contribution in [0.3, 0.4) is 0 Å². The van der Waals surface area contributed by atoms with E-state index in [0.717, 1.165) is 49.6 Å². The van der Waals surface area contributed by atoms with Crippen LogP contribution < -0.4 is 9.80 Å². The largest absolute Gasteiger partial charge is 0.368 e. The number of anilines is 2. The molecule has 3 aromatic rings. The van der Waals surface area contributed by atoms with Crippen LogP contribution >= 0.6 is 0 Å². The van der Waals surface area contributed by atoms with Crippen molar-refractivity contribution in [3.05, 3.63) is 59.3 Å². The summed E-state index contributed by atoms with van der Waals surface area (Å²) in [6.45, 7) is 10.6. The molecule has 4 rings (SSSR count). The first-order valence-corrected chi connectivity index (χ1v) is 11.9. The van der Waals surface area contributed by atoms with Crippen LogP contribution in [0.25, 0.3) is 11.3 Å². The van der Waals surface area contributed by atoms with Gasteiger partial charge in [0, 0.05) is 49.7 Å². The molecule has 3 heterocycles. The third-order valence-electron chi connectivity index (χ3n) is 6.85. The summed E-state index contributed by atoms with van der Waals surface area (Å²) in [5.41, 5.74) is 4.13. The maximum atomic E-state index is 15.0. The normalized spacial score (nSPS) is 14.1. The van der Waals surface area contributed by atoms with E-state index in [1.54, 1.807) is 31.3 Å². The van der Waals surface area contributed by atoms with Gasteiger partial charge in [0.2, 0.25) is 5.95 Å². The Morgan fingerprint density at radius 2 is 1.89 bits per heavy atom. The number of benzene rings is 1. The summed E-state index contributed by atoms with van der Waals surface area (Å²) < 4.78 is 15.0. The first-order chi connectivity index (χ1) is 16.8. The Kier molecular flexibility index (Phi) is 7.19. The highest BCUT2D eigenvalue weighted by molar-refractivity contribution is 5.96. The average Bonchev–Trinajstić information content (AvgIpc) is 2.89. The van der Waals surface area contributed by atoms with Crippen molar-refractivity contribution in [2.24, 2.45) is 4.99 Å². The maximum Gasteiger partial charge on any atom is 0.225 e. The van der Waals surface area contributed by atoms with Gasteiger partial charge in [-0.3, -0.25) is 14.8 Å². The van der Waals surface area contributed by atoms with Gasteiger partial charge in [0.15, 0.2) is 5.78 Å². The smallest absolute Gasteiger partial charge is 0.225 e. The number of nitrogens with zero attached hydrogens (tertiary/aromatic N) is 6. The number of halogens is 1. The second-order valence-corrected chi connectivity index (χ2v) is 8.95. The number of aromatic nitrogens is 3. The first-order valence-electron chi connectivity index (χ1n) is 11.9. The Hall–Kier alpha value is -3.68. The molecular formula is C27H31FN6O. The molecule has 0 radical (unpaired) electrons. The molecule has 1 aromatic carbocycles. The van der Waals surface area contributed by atoms with Crippen molar-refractivity contribution in [2.75, 3.05) is 29.9 Å². The summed E-state index contributed by atoms with van der Waals surface area (Å²) in [5, 5.41) is 0. The molecule has 1 aliphatic rings. The number of carbonyl (C=O) groups excluding carboxylic acids is 1. The van der Waals surface area contributed by atoms with Gasteiger partial charge in [-0.15, -0.1) is 0 Å². The molecule has 0 N–H and O–H groups in total. The molecule has 35 heavy (non-hydrogen) atoms. The van der Waals surface area contributed by atoms with Crippen LogP contribution in [0.1, 0.15) is 48.2 Å². The molecule has 0 bridgehead atoms. The standard InChI is InChI=1S/C27H31FN6O/c1-6-19-14-31-27(32-15-19)34-11-9-20(10-12-34)33(5)25-16-30-23(13-24(25)29-4)22-8-7-21(18(3)35)17(2)26(22)28/h7-8,13-16,20H,4,6,9-12H2,1-3,5H3. The molecular weight excluding hydrogens is 443 g/mol. The highest BCUT2D eigenvalue weighted by Gasteiger charge is 2.26. The number of aliphatic imine (C=N–C) groups is 1. The monoisotopic (exact) mass is 474 g/mol. The van der Waals surface area contributed by atoms with Gasteiger partial charge in [0.1, 0.15) is 5.82 Å². The molecule has 0 atom stereocenters. The molecule has 0 amide bonds. The number of carbonyl (C=O) groups is 1. The number of Topliss-reactive ketones (excluding diaryl/α,β-unsaturated/α-hetero) is 1. The summed E-state index contributed by atoms with van der Waals surface area (Å²) in [4.78, 5) is 33.9. The molecule has 0 aliphatic carbocycles. The van der Waals surface area contributed by atoms with E-state index in [1.165, 1.54) is 6.92 Å². The number of ketones is 1. The summed E-state index contributed by atoms with van der Waals surface area (Å²) in [6, 6.07) is 5.29. The predicted octanol–water partition coefficient (Wildman–Crippen LogP) is 5.19. The first kappa shape index (κ1) is 24.4. The van der Waals surface area contributed by atoms with Gasteiger partial charge >= 0.3 is 0 Å². The topological polar surface area (TPSA) is 74.6 Å². The zero-order chi connectivity index (χ0) is 25.1. The van der Waals surface area contributed by atoms with Crippen LogP contribution in [0.15, 0.2) is 41.8 Å². The van der Waals surface area contributed by atoms with E-state index < -0.39 is 5.82 Å². The van der Waals surface area contributed by atoms with Crippen molar-refractivity contribution >= 4 is 29.8 Å². The molecule has 0 saturated carbocycles. The summed E-state index contributed by atoms with van der Waals surface area (Å²) in [5.74, 6) is 0.167. The molecule has 7 nitrogen and oxygen atoms in total. The lowest BCUT2D eigenvalue weighted by atomic mass is 9.99. The van der Waals surface area contributed by atoms with Crippen molar-refractivity contribution in [2.45, 2.75) is 46.1 Å². The van der Waals surface area contributed by atoms with Crippen molar-refractivity contribution in [3.63, 3.8) is 0 Å². The van der Waals surface area contributed by atoms with Crippen molar-refractivity contribution < 1.29 is 9.18 Å². The van der Waals surface area contributed by atoms with E-state index in [2.05, 4.69) is 43.4 Å². The van der Waals surface area contributed by atoms with Crippen LogP contribution in [0.5, 0.6) is 0 Å². The average molecular weight is 475 g/mol. The molecule has 2 aromatic heterocycles. The Balaban J connectivity index is 1.51. The molecule has 182 valence electrons. The number of hydrogen-bond acceptors (Lipinski definition) is 7. The quantitative estimate of drug-likeness (QED) is 0.347. The number of piperidine rings is 1. The Morgan fingerprint density at radius 1 is 1.20 bits per heavy atom. The fourth-order valence-corrected chi connectivity index (χ4v) is 4.59. The number of aryl methyl sites for hydroxylation is 1. The van der Waals surface area contributed by atoms with E-state index in [4.69, 9.17) is 0 Å². The Bertz CT molecular complexity index is 1240. The third kappa shape index (κ3) is 4.92. The highest BCUT2D eigenvalue weighted by Crippen LogP contribution is 2.35. The zero-order valence-electron chi connectivity index (χ0n) is 20.8. The molecule has 1 saturated heterocycles. The number of hydrogen-bond donors (Lipinski definition) is 0. The lowest BCUT2D eigenvalue weighted by Gasteiger charge is -2.38. The third-order valence-corrected chi connectivity index (χ3v) is 6.85. The number of rotatable bonds is 7. The highest BCUT2D eigenvalue weighted by atomic mass is 19.1. The fourth-order valence-electron chi connectivity index (χ4n) is 4.59. The minimum atomic E-state index is -0.442. The predicted molar refractivity (Wildman–Crippen MR) is 139 cm³/mol. The lowest BCUT2D eigenvalue weighted by Crippen LogP contribution is -2.44. The Morgan fingerprint density at radius 3 is 2.49 bits per heavy atom. The summed E-state index contributed by atoms with van der Waals surface area (Å²) >= 11 is 0. The van der Waals surface area contributed by atoms with Gasteiger partial charge in [-0.2, -0.15) is 0 Å².